The fourth-order valence-electron chi connectivity index (χ4n) is 4.72. The maximum atomic E-state index is 13.5. The molecule has 5 nitrogen and oxygen atoms in total. The van der Waals surface area contributed by atoms with Gasteiger partial charge in [-0.3, -0.25) is 4.79 Å². The van der Waals surface area contributed by atoms with Gasteiger partial charge in [0.2, 0.25) is 0 Å². The van der Waals surface area contributed by atoms with Crippen molar-refractivity contribution < 1.29 is 19.1 Å². The van der Waals surface area contributed by atoms with E-state index in [0.29, 0.717) is 49.3 Å². The van der Waals surface area contributed by atoms with Crippen molar-refractivity contribution in [2.24, 2.45) is 0 Å². The molecule has 0 radical (unpaired) electrons. The van der Waals surface area contributed by atoms with Crippen molar-refractivity contribution in [1.29, 1.82) is 0 Å². The number of carbonyl (C=O) groups is 2. The number of methoxy groups -OCH3 is 1. The van der Waals surface area contributed by atoms with Crippen LogP contribution >= 0.6 is 46.4 Å². The van der Waals surface area contributed by atoms with E-state index in [-0.39, 0.29) is 28.2 Å². The molecule has 37 heavy (non-hydrogen) atoms. The fourth-order valence-corrected chi connectivity index (χ4v) is 5.79. The van der Waals surface area contributed by atoms with E-state index in [1.54, 1.807) is 49.4 Å². The Morgan fingerprint density at radius 2 is 1.62 bits per heavy atom. The summed E-state index contributed by atoms with van der Waals surface area (Å²) in [6.45, 7) is 1.88. The number of dihydropyridines is 1. The van der Waals surface area contributed by atoms with Gasteiger partial charge in [0.15, 0.2) is 11.5 Å². The largest absolute Gasteiger partial charge is 0.486 e. The molecular formula is C28H19Cl4NO4. The Morgan fingerprint density at radius 3 is 2.27 bits per heavy atom. The van der Waals surface area contributed by atoms with Crippen LogP contribution in [0.3, 0.4) is 0 Å². The van der Waals surface area contributed by atoms with E-state index in [1.807, 2.05) is 12.1 Å². The van der Waals surface area contributed by atoms with Crippen molar-refractivity contribution in [3.8, 4) is 5.75 Å². The normalized spacial score (nSPS) is 16.4. The zero-order valence-electron chi connectivity index (χ0n) is 19.6. The molecule has 0 bridgehead atoms. The lowest BCUT2D eigenvalue weighted by molar-refractivity contribution is -0.136. The van der Waals surface area contributed by atoms with Crippen LogP contribution in [0.1, 0.15) is 39.9 Å². The average molecular weight is 575 g/mol. The van der Waals surface area contributed by atoms with Crippen molar-refractivity contribution in [2.75, 3.05) is 7.11 Å². The van der Waals surface area contributed by atoms with Crippen LogP contribution in [0.4, 0.5) is 0 Å². The second kappa shape index (κ2) is 10.1. The Balaban J connectivity index is 1.57. The molecule has 3 aromatic carbocycles. The van der Waals surface area contributed by atoms with Gasteiger partial charge < -0.3 is 14.8 Å². The van der Waals surface area contributed by atoms with Crippen LogP contribution in [0.15, 0.2) is 71.4 Å². The second-order valence-corrected chi connectivity index (χ2v) is 10.2. The van der Waals surface area contributed by atoms with E-state index in [4.69, 9.17) is 55.9 Å². The van der Waals surface area contributed by atoms with Gasteiger partial charge in [-0.25, -0.2) is 4.79 Å². The standard InChI is InChI=1S/C28H19Cl4NO4/c1-13-22(28(35)36-2)23(24-25(33-13)17-5-3-4-6-18(17)26(24)34)15-9-20(31)27(21(32)10-15)37-12-14-7-8-16(29)11-19(14)30/h3-11,23,33H,12H2,1-2H3/t23-/m0/s1. The lowest BCUT2D eigenvalue weighted by atomic mass is 9.80. The highest BCUT2D eigenvalue weighted by molar-refractivity contribution is 6.37. The van der Waals surface area contributed by atoms with Gasteiger partial charge in [-0.15, -0.1) is 0 Å². The van der Waals surface area contributed by atoms with Gasteiger partial charge in [0.05, 0.1) is 28.4 Å². The summed E-state index contributed by atoms with van der Waals surface area (Å²) in [5.74, 6) is -1.24. The van der Waals surface area contributed by atoms with Gasteiger partial charge >= 0.3 is 5.97 Å². The smallest absolute Gasteiger partial charge is 0.336 e. The van der Waals surface area contributed by atoms with Gasteiger partial charge in [-0.1, -0.05) is 76.7 Å². The van der Waals surface area contributed by atoms with Crippen LogP contribution in [0, 0.1) is 0 Å². The van der Waals surface area contributed by atoms with Crippen LogP contribution in [-0.4, -0.2) is 18.9 Å². The van der Waals surface area contributed by atoms with E-state index < -0.39 is 11.9 Å². The molecule has 5 rings (SSSR count). The van der Waals surface area contributed by atoms with Crippen LogP contribution in [-0.2, 0) is 16.1 Å². The minimum atomic E-state index is -0.752. The Morgan fingerprint density at radius 1 is 0.946 bits per heavy atom. The Kier molecular flexibility index (Phi) is 6.99. The molecule has 0 amide bonds. The molecule has 3 aromatic rings. The van der Waals surface area contributed by atoms with Crippen LogP contribution in [0.25, 0.3) is 5.70 Å². The minimum Gasteiger partial charge on any atom is -0.486 e. The van der Waals surface area contributed by atoms with Crippen LogP contribution < -0.4 is 10.1 Å². The quantitative estimate of drug-likeness (QED) is 0.317. The molecule has 1 atom stereocenters. The predicted molar refractivity (Wildman–Crippen MR) is 146 cm³/mol. The molecule has 1 N–H and O–H groups in total. The summed E-state index contributed by atoms with van der Waals surface area (Å²) in [5.41, 5.74) is 4.55. The number of Topliss-reactive ketones (excluding diaryl/α,β-unsaturated/α-hetero) is 1. The van der Waals surface area contributed by atoms with Crippen LogP contribution in [0.2, 0.25) is 20.1 Å². The summed E-state index contributed by atoms with van der Waals surface area (Å²) in [5, 5.41) is 4.65. The number of esters is 1. The molecule has 0 unspecified atom stereocenters. The van der Waals surface area contributed by atoms with Gasteiger partial charge in [-0.05, 0) is 36.8 Å². The van der Waals surface area contributed by atoms with E-state index in [0.717, 1.165) is 5.56 Å². The number of fused-ring (bicyclic) bond motifs is 2. The first kappa shape index (κ1) is 25.7. The minimum absolute atomic E-state index is 0.109. The lowest BCUT2D eigenvalue weighted by Crippen LogP contribution is -2.29. The summed E-state index contributed by atoms with van der Waals surface area (Å²) in [4.78, 5) is 26.5. The maximum absolute atomic E-state index is 13.5. The third-order valence-corrected chi connectivity index (χ3v) is 7.54. The Hall–Kier alpha value is -2.96. The van der Waals surface area contributed by atoms with Crippen LogP contribution in [0.5, 0.6) is 5.75 Å². The first-order chi connectivity index (χ1) is 17.7. The average Bonchev–Trinajstić information content (AvgIpc) is 3.14. The number of hydrogen-bond acceptors (Lipinski definition) is 5. The molecule has 0 fully saturated rings. The van der Waals surface area contributed by atoms with E-state index in [2.05, 4.69) is 5.32 Å². The number of ketones is 1. The summed E-state index contributed by atoms with van der Waals surface area (Å²) in [6, 6.07) is 15.7. The van der Waals surface area contributed by atoms with Crippen molar-refractivity contribution in [1.82, 2.24) is 5.32 Å². The van der Waals surface area contributed by atoms with Gasteiger partial charge in [0, 0.05) is 43.9 Å². The predicted octanol–water partition coefficient (Wildman–Crippen LogP) is 7.62. The molecule has 0 spiro atoms. The molecular weight excluding hydrogens is 556 g/mol. The highest BCUT2D eigenvalue weighted by Crippen LogP contribution is 2.48. The molecule has 2 aliphatic rings. The summed E-state index contributed by atoms with van der Waals surface area (Å²) < 4.78 is 11.0. The summed E-state index contributed by atoms with van der Waals surface area (Å²) in [6.07, 6.45) is 0. The van der Waals surface area contributed by atoms with Gasteiger partial charge in [-0.2, -0.15) is 0 Å². The number of nitrogens with one attached hydrogen (secondary N) is 1. The number of hydrogen-bond donors (Lipinski definition) is 1. The molecule has 0 saturated carbocycles. The number of benzene rings is 3. The highest BCUT2D eigenvalue weighted by atomic mass is 35.5. The molecule has 9 heteroatoms. The topological polar surface area (TPSA) is 64.6 Å². The van der Waals surface area contributed by atoms with Crippen molar-refractivity contribution in [3.63, 3.8) is 0 Å². The Labute approximate surface area is 233 Å². The third-order valence-electron chi connectivity index (χ3n) is 6.40. The molecule has 1 aliphatic carbocycles. The van der Waals surface area contributed by atoms with Gasteiger partial charge in [0.25, 0.3) is 0 Å². The molecule has 0 aromatic heterocycles. The molecule has 1 heterocycles. The fraction of sp³-hybridized carbons (Fsp3) is 0.143. The maximum Gasteiger partial charge on any atom is 0.336 e. The molecule has 1 aliphatic heterocycles. The first-order valence-electron chi connectivity index (χ1n) is 11.2. The van der Waals surface area contributed by atoms with Crippen molar-refractivity contribution in [2.45, 2.75) is 19.4 Å². The summed E-state index contributed by atoms with van der Waals surface area (Å²) >= 11 is 25.5. The second-order valence-electron chi connectivity index (χ2n) is 8.59. The highest BCUT2D eigenvalue weighted by Gasteiger charge is 2.43. The first-order valence-corrected chi connectivity index (χ1v) is 12.7. The molecule has 0 saturated heterocycles. The zero-order valence-corrected chi connectivity index (χ0v) is 22.6. The number of carbonyl (C=O) groups excluding carboxylic acids is 2. The number of halogens is 4. The van der Waals surface area contributed by atoms with Crippen molar-refractivity contribution >= 4 is 63.9 Å². The number of ether oxygens (including phenoxy) is 2. The number of rotatable bonds is 5. The monoisotopic (exact) mass is 573 g/mol. The third kappa shape index (κ3) is 4.51. The lowest BCUT2D eigenvalue weighted by Gasteiger charge is -2.29. The van der Waals surface area contributed by atoms with E-state index in [1.165, 1.54) is 7.11 Å². The Bertz CT molecular complexity index is 1520. The van der Waals surface area contributed by atoms with Crippen molar-refractivity contribution in [3.05, 3.63) is 114 Å². The van der Waals surface area contributed by atoms with Gasteiger partial charge in [0.1, 0.15) is 6.61 Å². The van der Waals surface area contributed by atoms with E-state index >= 15 is 0 Å². The number of allylic oxidation sites excluding steroid dienone is 2. The SMILES string of the molecule is COC(=O)C1=C(C)NC2=C(C(=O)c3ccccc32)[C@H]1c1cc(Cl)c(OCc2ccc(Cl)cc2Cl)c(Cl)c1. The summed E-state index contributed by atoms with van der Waals surface area (Å²) in [7, 11) is 1.30. The molecule has 188 valence electrons. The zero-order chi connectivity index (χ0) is 26.4. The van der Waals surface area contributed by atoms with E-state index in [9.17, 15) is 9.59 Å².